The number of pyridine rings is 1. The van der Waals surface area contributed by atoms with E-state index in [-0.39, 0.29) is 5.95 Å². The fraction of sp³-hybridized carbons (Fsp3) is 0.316. The highest BCUT2D eigenvalue weighted by molar-refractivity contribution is 5.98. The Morgan fingerprint density at radius 3 is 2.96 bits per heavy atom. The van der Waals surface area contributed by atoms with Crippen molar-refractivity contribution < 1.29 is 8.78 Å². The van der Waals surface area contributed by atoms with E-state index in [9.17, 15) is 8.78 Å². The highest BCUT2D eigenvalue weighted by Crippen LogP contribution is 2.43. The summed E-state index contributed by atoms with van der Waals surface area (Å²) in [4.78, 5) is 15.9. The largest absolute Gasteiger partial charge is 0.348 e. The standard InChI is InChI=1S/C19H17F2N5/c20-19(21,14-1-2-14)10-25-18-24-9-16-15(8-23-17(16)26-18)12-5-11-3-4-22-7-13(11)6-12/h3-4,6-9,14H,1-2,5,10H2,(H2,23,24,25,26). The molecular weight excluding hydrogens is 336 g/mol. The lowest BCUT2D eigenvalue weighted by molar-refractivity contribution is -0.00831. The van der Waals surface area contributed by atoms with Crippen molar-refractivity contribution in [3.63, 3.8) is 0 Å². The Balaban J connectivity index is 1.39. The average molecular weight is 353 g/mol. The van der Waals surface area contributed by atoms with Crippen LogP contribution in [0.15, 0.2) is 30.9 Å². The number of aromatic nitrogens is 4. The Kier molecular flexibility index (Phi) is 3.32. The van der Waals surface area contributed by atoms with E-state index in [0.29, 0.717) is 18.5 Å². The van der Waals surface area contributed by atoms with Crippen molar-refractivity contribution in [1.29, 1.82) is 0 Å². The number of aromatic amines is 1. The van der Waals surface area contributed by atoms with Crippen molar-refractivity contribution in [3.05, 3.63) is 47.5 Å². The van der Waals surface area contributed by atoms with Crippen molar-refractivity contribution in [1.82, 2.24) is 19.9 Å². The zero-order valence-corrected chi connectivity index (χ0v) is 14.0. The summed E-state index contributed by atoms with van der Waals surface area (Å²) in [5.74, 6) is -2.98. The summed E-state index contributed by atoms with van der Waals surface area (Å²) in [6.45, 7) is -0.426. The number of nitrogens with one attached hydrogen (secondary N) is 2. The maximum Gasteiger partial charge on any atom is 0.267 e. The topological polar surface area (TPSA) is 66.5 Å². The molecule has 2 aliphatic rings. The maximum absolute atomic E-state index is 13.8. The van der Waals surface area contributed by atoms with E-state index in [2.05, 4.69) is 31.3 Å². The summed E-state index contributed by atoms with van der Waals surface area (Å²) in [7, 11) is 0. The van der Waals surface area contributed by atoms with Crippen molar-refractivity contribution >= 4 is 28.6 Å². The van der Waals surface area contributed by atoms with Gasteiger partial charge in [0.25, 0.3) is 5.92 Å². The van der Waals surface area contributed by atoms with Gasteiger partial charge in [0.15, 0.2) is 0 Å². The summed E-state index contributed by atoms with van der Waals surface area (Å²) >= 11 is 0. The number of hydrogen-bond donors (Lipinski definition) is 2. The molecule has 132 valence electrons. The van der Waals surface area contributed by atoms with Crippen LogP contribution in [0.3, 0.4) is 0 Å². The number of alkyl halides is 2. The molecule has 7 heteroatoms. The van der Waals surface area contributed by atoms with Gasteiger partial charge in [0.1, 0.15) is 5.65 Å². The number of allylic oxidation sites excluding steroid dienone is 1. The molecule has 0 unspecified atom stereocenters. The predicted molar refractivity (Wildman–Crippen MR) is 95.9 cm³/mol. The zero-order chi connectivity index (χ0) is 17.7. The van der Waals surface area contributed by atoms with Crippen LogP contribution >= 0.6 is 0 Å². The molecule has 0 aliphatic heterocycles. The van der Waals surface area contributed by atoms with Gasteiger partial charge >= 0.3 is 0 Å². The third kappa shape index (κ3) is 2.64. The average Bonchev–Trinajstić information content (AvgIpc) is 3.29. The van der Waals surface area contributed by atoms with Crippen LogP contribution in [0.4, 0.5) is 14.7 Å². The van der Waals surface area contributed by atoms with E-state index in [1.807, 2.05) is 18.5 Å². The molecule has 0 saturated heterocycles. The second-order valence-corrected chi connectivity index (χ2v) is 6.97. The van der Waals surface area contributed by atoms with E-state index in [1.54, 1.807) is 12.4 Å². The minimum atomic E-state index is -2.70. The summed E-state index contributed by atoms with van der Waals surface area (Å²) in [6.07, 6.45) is 11.4. The molecule has 0 radical (unpaired) electrons. The first kappa shape index (κ1) is 15.4. The number of hydrogen-bond acceptors (Lipinski definition) is 4. The monoisotopic (exact) mass is 353 g/mol. The molecule has 0 aromatic carbocycles. The molecule has 0 bridgehead atoms. The van der Waals surface area contributed by atoms with Gasteiger partial charge < -0.3 is 10.3 Å². The van der Waals surface area contributed by atoms with Gasteiger partial charge in [-0.1, -0.05) is 0 Å². The smallest absolute Gasteiger partial charge is 0.267 e. The SMILES string of the molecule is FC(F)(CNc1ncc2c(C3=Cc4cnccc4C3)c[nH]c2n1)C1CC1. The lowest BCUT2D eigenvalue weighted by Crippen LogP contribution is -2.29. The first-order valence-electron chi connectivity index (χ1n) is 8.70. The van der Waals surface area contributed by atoms with Gasteiger partial charge in [0, 0.05) is 41.7 Å². The van der Waals surface area contributed by atoms with E-state index >= 15 is 0 Å². The van der Waals surface area contributed by atoms with Crippen molar-refractivity contribution in [2.75, 3.05) is 11.9 Å². The summed E-state index contributed by atoms with van der Waals surface area (Å²) < 4.78 is 27.6. The van der Waals surface area contributed by atoms with Crippen LogP contribution in [-0.2, 0) is 6.42 Å². The number of nitrogens with zero attached hydrogens (tertiary/aromatic N) is 3. The van der Waals surface area contributed by atoms with Crippen LogP contribution in [0.2, 0.25) is 0 Å². The van der Waals surface area contributed by atoms with Crippen LogP contribution in [0, 0.1) is 5.92 Å². The Bertz CT molecular complexity index is 1020. The first-order valence-corrected chi connectivity index (χ1v) is 8.70. The van der Waals surface area contributed by atoms with Gasteiger partial charge in [-0.25, -0.2) is 13.8 Å². The zero-order valence-electron chi connectivity index (χ0n) is 14.0. The lowest BCUT2D eigenvalue weighted by atomic mass is 10.1. The van der Waals surface area contributed by atoms with Gasteiger partial charge in [0.2, 0.25) is 5.95 Å². The van der Waals surface area contributed by atoms with Crippen LogP contribution in [0.1, 0.15) is 29.5 Å². The van der Waals surface area contributed by atoms with Crippen molar-refractivity contribution in [3.8, 4) is 0 Å². The van der Waals surface area contributed by atoms with Crippen LogP contribution in [-0.4, -0.2) is 32.4 Å². The molecule has 2 aliphatic carbocycles. The molecule has 2 N–H and O–H groups in total. The summed E-state index contributed by atoms with van der Waals surface area (Å²) in [6, 6.07) is 2.02. The minimum Gasteiger partial charge on any atom is -0.348 e. The Labute approximate surface area is 148 Å². The van der Waals surface area contributed by atoms with Gasteiger partial charge in [-0.05, 0) is 48.1 Å². The molecule has 0 atom stereocenters. The van der Waals surface area contributed by atoms with E-state index in [1.165, 1.54) is 11.1 Å². The van der Waals surface area contributed by atoms with Crippen molar-refractivity contribution in [2.24, 2.45) is 5.92 Å². The lowest BCUT2D eigenvalue weighted by Gasteiger charge is -2.15. The van der Waals surface area contributed by atoms with Gasteiger partial charge in [-0.2, -0.15) is 4.98 Å². The summed E-state index contributed by atoms with van der Waals surface area (Å²) in [5.41, 5.74) is 5.21. The quantitative estimate of drug-likeness (QED) is 0.730. The second kappa shape index (κ2) is 5.59. The molecular formula is C19H17F2N5. The number of H-pyrrole nitrogens is 1. The van der Waals surface area contributed by atoms with Crippen LogP contribution in [0.25, 0.3) is 22.7 Å². The molecule has 3 aromatic rings. The molecule has 0 spiro atoms. The van der Waals surface area contributed by atoms with Gasteiger partial charge in [-0.3, -0.25) is 4.98 Å². The molecule has 26 heavy (non-hydrogen) atoms. The predicted octanol–water partition coefficient (Wildman–Crippen LogP) is 3.91. The van der Waals surface area contributed by atoms with Gasteiger partial charge in [0.05, 0.1) is 6.54 Å². The normalized spacial score (nSPS) is 16.6. The summed E-state index contributed by atoms with van der Waals surface area (Å²) in [5, 5.41) is 3.56. The fourth-order valence-electron chi connectivity index (χ4n) is 3.45. The van der Waals surface area contributed by atoms with E-state index in [4.69, 9.17) is 0 Å². The number of rotatable bonds is 5. The molecule has 1 fully saturated rings. The van der Waals surface area contributed by atoms with E-state index in [0.717, 1.165) is 22.9 Å². The molecule has 3 heterocycles. The highest BCUT2D eigenvalue weighted by atomic mass is 19.3. The van der Waals surface area contributed by atoms with Gasteiger partial charge in [-0.15, -0.1) is 0 Å². The highest BCUT2D eigenvalue weighted by Gasteiger charge is 2.46. The second-order valence-electron chi connectivity index (χ2n) is 6.97. The number of anilines is 1. The van der Waals surface area contributed by atoms with Crippen LogP contribution < -0.4 is 5.32 Å². The molecule has 1 saturated carbocycles. The minimum absolute atomic E-state index is 0.221. The number of halogens is 2. The Morgan fingerprint density at radius 1 is 1.27 bits per heavy atom. The molecule has 5 nitrogen and oxygen atoms in total. The molecule has 0 amide bonds. The Morgan fingerprint density at radius 2 is 2.15 bits per heavy atom. The number of fused-ring (bicyclic) bond motifs is 2. The maximum atomic E-state index is 13.8. The van der Waals surface area contributed by atoms with Crippen LogP contribution in [0.5, 0.6) is 0 Å². The molecule has 5 rings (SSSR count). The van der Waals surface area contributed by atoms with Crippen molar-refractivity contribution in [2.45, 2.75) is 25.2 Å². The fourth-order valence-corrected chi connectivity index (χ4v) is 3.45. The van der Waals surface area contributed by atoms with E-state index < -0.39 is 18.4 Å². The third-order valence-electron chi connectivity index (χ3n) is 5.09. The Hall–Kier alpha value is -2.83. The first-order chi connectivity index (χ1) is 12.6. The third-order valence-corrected chi connectivity index (χ3v) is 5.09. The molecule has 3 aromatic heterocycles.